The second-order valence-electron chi connectivity index (χ2n) is 6.02. The van der Waals surface area contributed by atoms with E-state index in [9.17, 15) is 14.7 Å². The van der Waals surface area contributed by atoms with Gasteiger partial charge >= 0.3 is 5.97 Å². The molecule has 0 spiro atoms. The van der Waals surface area contributed by atoms with Crippen molar-refractivity contribution in [1.82, 2.24) is 4.90 Å². The zero-order chi connectivity index (χ0) is 13.3. The van der Waals surface area contributed by atoms with Gasteiger partial charge in [-0.1, -0.05) is 19.8 Å². The third kappa shape index (κ3) is 2.52. The average molecular weight is 253 g/mol. The molecule has 1 heterocycles. The summed E-state index contributed by atoms with van der Waals surface area (Å²) in [6.45, 7) is 5.02. The summed E-state index contributed by atoms with van der Waals surface area (Å²) in [5.74, 6) is -0.930. The van der Waals surface area contributed by atoms with Crippen LogP contribution in [0.15, 0.2) is 0 Å². The van der Waals surface area contributed by atoms with Crippen LogP contribution in [0.1, 0.15) is 46.0 Å². The normalized spacial score (nSPS) is 36.7. The summed E-state index contributed by atoms with van der Waals surface area (Å²) in [7, 11) is 0. The topological polar surface area (TPSA) is 57.6 Å². The van der Waals surface area contributed by atoms with Crippen LogP contribution in [0.5, 0.6) is 0 Å². The van der Waals surface area contributed by atoms with E-state index in [2.05, 4.69) is 13.8 Å². The van der Waals surface area contributed by atoms with Crippen molar-refractivity contribution >= 4 is 11.9 Å². The van der Waals surface area contributed by atoms with Crippen LogP contribution in [-0.4, -0.2) is 34.5 Å². The number of aliphatic carboxylic acids is 1. The second-order valence-corrected chi connectivity index (χ2v) is 6.02. The number of likely N-dealkylation sites (tertiary alicyclic amines) is 1. The largest absolute Gasteiger partial charge is 0.481 e. The first-order valence-corrected chi connectivity index (χ1v) is 7.04. The first kappa shape index (κ1) is 13.4. The number of carbonyl (C=O) groups is 2. The number of nitrogens with zero attached hydrogens (tertiary/aromatic N) is 1. The van der Waals surface area contributed by atoms with E-state index in [0.717, 1.165) is 32.2 Å². The Hall–Kier alpha value is -1.06. The first-order chi connectivity index (χ1) is 8.50. The SMILES string of the molecule is CC1CC(C)N(C(=O)[C@@H]2CCCC[C@@H]2C(=O)O)C1. The van der Waals surface area contributed by atoms with E-state index >= 15 is 0 Å². The molecule has 4 heteroatoms. The highest BCUT2D eigenvalue weighted by Crippen LogP contribution is 2.34. The van der Waals surface area contributed by atoms with Crippen molar-refractivity contribution in [2.45, 2.75) is 52.0 Å². The minimum Gasteiger partial charge on any atom is -0.481 e. The van der Waals surface area contributed by atoms with Crippen LogP contribution in [0, 0.1) is 17.8 Å². The quantitative estimate of drug-likeness (QED) is 0.820. The smallest absolute Gasteiger partial charge is 0.307 e. The van der Waals surface area contributed by atoms with E-state index in [1.807, 2.05) is 4.90 Å². The van der Waals surface area contributed by atoms with Crippen molar-refractivity contribution in [3.05, 3.63) is 0 Å². The Kier molecular flexibility index (Phi) is 3.93. The fourth-order valence-corrected chi connectivity index (χ4v) is 3.54. The van der Waals surface area contributed by atoms with Crippen molar-refractivity contribution in [3.63, 3.8) is 0 Å². The van der Waals surface area contributed by atoms with Crippen LogP contribution in [0.4, 0.5) is 0 Å². The highest BCUT2D eigenvalue weighted by Gasteiger charge is 2.40. The maximum absolute atomic E-state index is 12.5. The summed E-state index contributed by atoms with van der Waals surface area (Å²) >= 11 is 0. The van der Waals surface area contributed by atoms with Gasteiger partial charge in [0.25, 0.3) is 0 Å². The van der Waals surface area contributed by atoms with Gasteiger partial charge in [0.05, 0.1) is 11.8 Å². The summed E-state index contributed by atoms with van der Waals surface area (Å²) in [4.78, 5) is 25.7. The standard InChI is InChI=1S/C14H23NO3/c1-9-7-10(2)15(8-9)13(16)11-5-3-4-6-12(11)14(17)18/h9-12H,3-8H2,1-2H3,(H,17,18)/t9?,10?,11-,12+/m1/s1. The fraction of sp³-hybridized carbons (Fsp3) is 0.857. The van der Waals surface area contributed by atoms with Gasteiger partial charge in [-0.15, -0.1) is 0 Å². The summed E-state index contributed by atoms with van der Waals surface area (Å²) in [6.07, 6.45) is 4.36. The summed E-state index contributed by atoms with van der Waals surface area (Å²) in [5.41, 5.74) is 0. The molecular weight excluding hydrogens is 230 g/mol. The number of amides is 1. The first-order valence-electron chi connectivity index (χ1n) is 7.04. The molecule has 1 N–H and O–H groups in total. The number of hydrogen-bond donors (Lipinski definition) is 1. The molecule has 0 bridgehead atoms. The zero-order valence-electron chi connectivity index (χ0n) is 11.3. The Morgan fingerprint density at radius 1 is 1.11 bits per heavy atom. The molecule has 0 radical (unpaired) electrons. The van der Waals surface area contributed by atoms with Gasteiger partial charge in [0.2, 0.25) is 5.91 Å². The minimum atomic E-state index is -0.798. The highest BCUT2D eigenvalue weighted by molar-refractivity contribution is 5.85. The summed E-state index contributed by atoms with van der Waals surface area (Å²) in [5, 5.41) is 9.25. The molecule has 1 amide bonds. The molecule has 2 unspecified atom stereocenters. The molecule has 1 saturated carbocycles. The molecule has 0 aromatic carbocycles. The third-order valence-corrected chi connectivity index (χ3v) is 4.47. The lowest BCUT2D eigenvalue weighted by molar-refractivity contribution is -0.152. The molecule has 4 atom stereocenters. The lowest BCUT2D eigenvalue weighted by Gasteiger charge is -2.32. The van der Waals surface area contributed by atoms with Gasteiger partial charge in [-0.2, -0.15) is 0 Å². The Morgan fingerprint density at radius 3 is 2.22 bits per heavy atom. The van der Waals surface area contributed by atoms with Gasteiger partial charge in [0.15, 0.2) is 0 Å². The molecule has 1 aliphatic carbocycles. The molecule has 4 nitrogen and oxygen atoms in total. The molecule has 1 saturated heterocycles. The maximum atomic E-state index is 12.5. The fourth-order valence-electron chi connectivity index (χ4n) is 3.54. The molecule has 102 valence electrons. The minimum absolute atomic E-state index is 0.0824. The van der Waals surface area contributed by atoms with E-state index in [1.165, 1.54) is 0 Å². The van der Waals surface area contributed by atoms with E-state index in [4.69, 9.17) is 0 Å². The highest BCUT2D eigenvalue weighted by atomic mass is 16.4. The Balaban J connectivity index is 2.09. The number of carboxylic acid groups (broad SMARTS) is 1. The molecular formula is C14H23NO3. The maximum Gasteiger partial charge on any atom is 0.307 e. The van der Waals surface area contributed by atoms with Crippen LogP contribution in [-0.2, 0) is 9.59 Å². The Labute approximate surface area is 108 Å². The van der Waals surface area contributed by atoms with Crippen LogP contribution in [0.25, 0.3) is 0 Å². The van der Waals surface area contributed by atoms with Crippen molar-refractivity contribution in [2.75, 3.05) is 6.54 Å². The Morgan fingerprint density at radius 2 is 1.72 bits per heavy atom. The van der Waals surface area contributed by atoms with Crippen LogP contribution in [0.3, 0.4) is 0 Å². The molecule has 18 heavy (non-hydrogen) atoms. The molecule has 0 aromatic rings. The van der Waals surface area contributed by atoms with Gasteiger partial charge in [-0.25, -0.2) is 0 Å². The van der Waals surface area contributed by atoms with Gasteiger partial charge < -0.3 is 10.0 Å². The van der Waals surface area contributed by atoms with Gasteiger partial charge in [0.1, 0.15) is 0 Å². The molecule has 2 rings (SSSR count). The lowest BCUT2D eigenvalue weighted by atomic mass is 9.78. The molecule has 1 aliphatic heterocycles. The van der Waals surface area contributed by atoms with Crippen LogP contribution >= 0.6 is 0 Å². The van der Waals surface area contributed by atoms with Gasteiger partial charge in [-0.3, -0.25) is 9.59 Å². The van der Waals surface area contributed by atoms with E-state index in [1.54, 1.807) is 0 Å². The molecule has 2 fully saturated rings. The average Bonchev–Trinajstić information content (AvgIpc) is 2.67. The van der Waals surface area contributed by atoms with Crippen molar-refractivity contribution in [1.29, 1.82) is 0 Å². The lowest BCUT2D eigenvalue weighted by Crippen LogP contribution is -2.44. The van der Waals surface area contributed by atoms with Crippen molar-refractivity contribution in [2.24, 2.45) is 17.8 Å². The molecule has 2 aliphatic rings. The monoisotopic (exact) mass is 253 g/mol. The second kappa shape index (κ2) is 5.29. The predicted octanol–water partition coefficient (Wildman–Crippen LogP) is 2.13. The summed E-state index contributed by atoms with van der Waals surface area (Å²) < 4.78 is 0. The third-order valence-electron chi connectivity index (χ3n) is 4.47. The van der Waals surface area contributed by atoms with E-state index < -0.39 is 11.9 Å². The Bertz CT molecular complexity index is 342. The number of hydrogen-bond acceptors (Lipinski definition) is 2. The zero-order valence-corrected chi connectivity index (χ0v) is 11.3. The van der Waals surface area contributed by atoms with Crippen LogP contribution in [0.2, 0.25) is 0 Å². The predicted molar refractivity (Wildman–Crippen MR) is 68.0 cm³/mol. The van der Waals surface area contributed by atoms with E-state index in [0.29, 0.717) is 12.3 Å². The summed E-state index contributed by atoms with van der Waals surface area (Å²) in [6, 6.07) is 0.267. The number of carboxylic acids is 1. The molecule has 0 aromatic heterocycles. The van der Waals surface area contributed by atoms with E-state index in [-0.39, 0.29) is 17.9 Å². The van der Waals surface area contributed by atoms with Gasteiger partial charge in [0, 0.05) is 12.6 Å². The van der Waals surface area contributed by atoms with Crippen molar-refractivity contribution in [3.8, 4) is 0 Å². The number of carbonyl (C=O) groups excluding carboxylic acids is 1. The van der Waals surface area contributed by atoms with Gasteiger partial charge in [-0.05, 0) is 32.1 Å². The van der Waals surface area contributed by atoms with Crippen LogP contribution < -0.4 is 0 Å². The number of rotatable bonds is 2. The van der Waals surface area contributed by atoms with Crippen molar-refractivity contribution < 1.29 is 14.7 Å².